The minimum Gasteiger partial charge on any atom is -0.481 e. The van der Waals surface area contributed by atoms with Crippen LogP contribution in [-0.2, 0) is 95.7 Å². The van der Waals surface area contributed by atoms with Gasteiger partial charge in [-0.05, 0) is 14.1 Å². The van der Waals surface area contributed by atoms with Crippen LogP contribution in [0.4, 0.5) is 0 Å². The van der Waals surface area contributed by atoms with E-state index in [0.29, 0.717) is 0 Å². The van der Waals surface area contributed by atoms with E-state index in [9.17, 15) is 57.5 Å². The van der Waals surface area contributed by atoms with Crippen molar-refractivity contribution >= 4 is 94.8 Å². The SMILES string of the molecule is C=C.C=C.C=C.C=C.C=C.C=C.C=C.C=C.CC.CC.CC.CC.CC.CC.CC.CC.CC.CC.CC.CC.CC(=O)NCN.CC(=O)NCN.CC(=O)NCNC(C)=O.CC(=O)NCNC(C)=O.CC(=O)O.CC(=O)O.CC(=O)O.CC(=O)O.CN.CN.CNC(C)=O.CNC(C)=O.CNC(C)=O.CNC(C)=O.CNC(C)=O.CNC(C)=O.CO.CO.CO.CO.COC.COC.COC.COC. The number of hydrogen-bond acceptors (Lipinski definition) is 28. The molecule has 0 radical (unpaired) electrons. The molecule has 0 aromatic carbocycles. The van der Waals surface area contributed by atoms with Crippen LogP contribution in [0.25, 0.3) is 0 Å². The number of aliphatic hydroxyl groups is 4. The Morgan fingerprint density at radius 1 is 0.186 bits per heavy atom. The number of carboxylic acids is 4. The van der Waals surface area contributed by atoms with Crippen molar-refractivity contribution in [2.75, 3.05) is 168 Å². The Morgan fingerprint density at radius 2 is 0.229 bits per heavy atom. The average molecular weight is 2080 g/mol. The summed E-state index contributed by atoms with van der Waals surface area (Å²) in [5.74, 6) is -4.07. The third-order valence-corrected chi connectivity index (χ3v) is 4.16. The fourth-order valence-electron chi connectivity index (χ4n) is 0.874. The molecule has 0 heterocycles. The third-order valence-electron chi connectivity index (χ3n) is 4.16. The zero-order valence-electron chi connectivity index (χ0n) is 102. The molecule has 880 valence electrons. The second-order valence-corrected chi connectivity index (χ2v) is 13.7. The smallest absolute Gasteiger partial charge is 0.300 e. The van der Waals surface area contributed by atoms with Gasteiger partial charge in [-0.1, -0.05) is 166 Å². The first-order chi connectivity index (χ1) is 66.0. The van der Waals surface area contributed by atoms with E-state index in [-0.39, 0.29) is 97.6 Å². The van der Waals surface area contributed by atoms with Crippen LogP contribution in [0.1, 0.15) is 277 Å². The summed E-state index contributed by atoms with van der Waals surface area (Å²) in [5, 5.41) is 86.3. The Hall–Kier alpha value is -11.0. The number of hydrogen-bond donors (Lipinski definition) is 24. The van der Waals surface area contributed by atoms with Gasteiger partial charge in [0.25, 0.3) is 23.9 Å². The number of methoxy groups -OCH3 is 4. The molecular weight excluding hydrogens is 1830 g/mol. The number of aliphatic carboxylic acids is 4. The topological polar surface area (TPSA) is 720 Å². The number of amides is 12. The van der Waals surface area contributed by atoms with E-state index in [1.807, 2.05) is 166 Å². The van der Waals surface area contributed by atoms with Crippen molar-refractivity contribution in [3.8, 4) is 0 Å². The molecule has 0 fully saturated rings. The summed E-state index contributed by atoms with van der Waals surface area (Å²) < 4.78 is 17.0. The standard InChI is InChI=1S/2C5H10N2O2.2C3H8N2O.6C3H7NO.4C2H4O2.4C2H6O.12C2H6.8C2H4.2CH5N.4CH4O/c2*1-4(8)6-3-7-5(2)9;2*1-3(6)5-2-4;6*1-3(5)4-2;4*1-2(3)4;4*1-3-2;26*1-2/h2*3H2,1-2H3,(H,6,8)(H,7,9);2*2,4H2,1H3,(H,5,6);6*1-2H3,(H,4,5);4*1H3,(H,3,4);4*1-2H3;12*1-2H3;8*1-2H2;2*2H2,1H3;4*2H,1H3. The number of rotatable bonds is 6. The van der Waals surface area contributed by atoms with Crippen LogP contribution in [0, 0.1) is 0 Å². The molecule has 12 amide bonds. The molecule has 28 N–H and O–H groups in total. The average Bonchev–Trinajstić information content (AvgIpc) is 1.10. The second kappa shape index (κ2) is 636. The Kier molecular flexibility index (Phi) is 1330. The van der Waals surface area contributed by atoms with Crippen molar-refractivity contribution in [1.29, 1.82) is 0 Å². The van der Waals surface area contributed by atoms with Crippen LogP contribution < -0.4 is 86.7 Å². The second-order valence-electron chi connectivity index (χ2n) is 13.7. The summed E-state index contributed by atoms with van der Waals surface area (Å²) in [5.41, 5.74) is 18.8. The van der Waals surface area contributed by atoms with E-state index >= 15 is 0 Å². The fourth-order valence-corrected chi connectivity index (χ4v) is 0.874. The van der Waals surface area contributed by atoms with Gasteiger partial charge in [-0.25, -0.2) is 0 Å². The predicted octanol–water partition coefficient (Wildman–Crippen LogP) is 12.8. The van der Waals surface area contributed by atoms with Gasteiger partial charge in [0.2, 0.25) is 70.9 Å². The summed E-state index contributed by atoms with van der Waals surface area (Å²) in [7, 11) is 29.6. The maximum absolute atomic E-state index is 10.2. The number of carboxylic acid groups (broad SMARTS) is 4. The number of carbonyl (C=O) groups excluding carboxylic acids is 12. The maximum Gasteiger partial charge on any atom is 0.300 e. The summed E-state index contributed by atoms with van der Waals surface area (Å²) in [6.07, 6.45) is 0. The van der Waals surface area contributed by atoms with Gasteiger partial charge in [0.15, 0.2) is 0 Å². The van der Waals surface area contributed by atoms with E-state index in [0.717, 1.165) is 56.1 Å². The number of nitrogens with one attached hydrogen (secondary N) is 12. The first-order valence-corrected chi connectivity index (χ1v) is 43.3. The predicted molar refractivity (Wildman–Crippen MR) is 613 cm³/mol. The van der Waals surface area contributed by atoms with Gasteiger partial charge in [0.05, 0.1) is 26.7 Å². The Labute approximate surface area is 864 Å². The van der Waals surface area contributed by atoms with Crippen LogP contribution >= 0.6 is 0 Å². The van der Waals surface area contributed by atoms with Crippen LogP contribution in [0.2, 0.25) is 0 Å². The molecule has 0 unspecified atom stereocenters. The van der Waals surface area contributed by atoms with E-state index in [2.05, 4.69) is 199 Å². The van der Waals surface area contributed by atoms with Crippen molar-refractivity contribution < 1.29 is 137 Å². The lowest BCUT2D eigenvalue weighted by atomic mass is 10.7. The molecule has 0 spiro atoms. The van der Waals surface area contributed by atoms with E-state index in [1.54, 1.807) is 99.2 Å². The lowest BCUT2D eigenvalue weighted by Gasteiger charge is -2.00. The maximum atomic E-state index is 10.2. The normalized spacial score (nSPS) is 5.40. The molecule has 0 saturated heterocycles. The molecule has 140 heavy (non-hydrogen) atoms. The Morgan fingerprint density at radius 3 is 0.243 bits per heavy atom. The summed E-state index contributed by atoms with van der Waals surface area (Å²) in [6.45, 7) is 118. The van der Waals surface area contributed by atoms with Crippen LogP contribution in [0.3, 0.4) is 0 Å². The number of carbonyl (C=O) groups is 16. The molecule has 0 aliphatic rings. The molecule has 0 aromatic rings. The van der Waals surface area contributed by atoms with Gasteiger partial charge in [-0.15, -0.1) is 105 Å². The van der Waals surface area contributed by atoms with Gasteiger partial charge in [0.1, 0.15) is 0 Å². The highest BCUT2D eigenvalue weighted by atomic mass is 16.5. The highest BCUT2D eigenvalue weighted by Crippen LogP contribution is 1.60. The van der Waals surface area contributed by atoms with Crippen molar-refractivity contribution in [1.82, 2.24) is 63.8 Å². The van der Waals surface area contributed by atoms with Crippen LogP contribution in [-0.4, -0.2) is 304 Å². The van der Waals surface area contributed by atoms with Gasteiger partial charge in [-0.2, -0.15) is 0 Å². The molecule has 0 atom stereocenters. The lowest BCUT2D eigenvalue weighted by Crippen LogP contribution is -2.34. The third kappa shape index (κ3) is 5600. The molecule has 0 aliphatic heterocycles. The van der Waals surface area contributed by atoms with E-state index in [4.69, 9.17) is 71.5 Å². The van der Waals surface area contributed by atoms with Crippen LogP contribution in [0.15, 0.2) is 105 Å². The molecule has 44 nitrogen and oxygen atoms in total. The number of ether oxygens (including phenoxy) is 4. The van der Waals surface area contributed by atoms with Crippen molar-refractivity contribution in [2.24, 2.45) is 22.9 Å². The fraction of sp³-hybridized carbons (Fsp3) is 0.667. The highest BCUT2D eigenvalue weighted by molar-refractivity contribution is 5.77. The zero-order valence-corrected chi connectivity index (χ0v) is 102. The highest BCUT2D eigenvalue weighted by Gasteiger charge is 1.91. The summed E-state index contributed by atoms with van der Waals surface area (Å²) in [4.78, 5) is 155. The van der Waals surface area contributed by atoms with Gasteiger partial charge in [-0.3, -0.25) is 76.7 Å². The molecule has 0 rings (SSSR count). The minimum absolute atomic E-state index is 0.00463. The van der Waals surface area contributed by atoms with E-state index in [1.165, 1.54) is 97.2 Å². The molecule has 0 bridgehead atoms. The number of aliphatic hydroxyl groups excluding tert-OH is 4. The monoisotopic (exact) mass is 2070 g/mol. The first-order valence-electron chi connectivity index (χ1n) is 43.3. The summed E-state index contributed by atoms with van der Waals surface area (Å²) >= 11 is 0. The first kappa shape index (κ1) is 293. The van der Waals surface area contributed by atoms with Crippen LogP contribution in [0.5, 0.6) is 0 Å². The Balaban J connectivity index is -0.0000000162. The quantitative estimate of drug-likeness (QED) is 0.0867. The van der Waals surface area contributed by atoms with Gasteiger partial charge in [0, 0.05) is 238 Å². The number of nitrogens with two attached hydrogens (primary N) is 4. The molecule has 0 saturated carbocycles. The lowest BCUT2D eigenvalue weighted by molar-refractivity contribution is -0.135. The molecule has 44 heteroatoms. The summed E-state index contributed by atoms with van der Waals surface area (Å²) in [6, 6.07) is 0. The van der Waals surface area contributed by atoms with Crippen molar-refractivity contribution in [3.63, 3.8) is 0 Å². The minimum atomic E-state index is -0.833. The van der Waals surface area contributed by atoms with Gasteiger partial charge < -0.3 is 147 Å². The molecule has 0 aromatic heterocycles. The van der Waals surface area contributed by atoms with E-state index < -0.39 is 23.9 Å². The Bertz CT molecular complexity index is 1550. The van der Waals surface area contributed by atoms with Crippen molar-refractivity contribution in [2.45, 2.75) is 277 Å². The molecular formula is C96H248N16O28. The largest absolute Gasteiger partial charge is 0.481 e. The molecule has 0 aliphatic carbocycles. The zero-order chi connectivity index (χ0) is 127. The van der Waals surface area contributed by atoms with Crippen molar-refractivity contribution in [3.05, 3.63) is 105 Å². The van der Waals surface area contributed by atoms with Gasteiger partial charge >= 0.3 is 0 Å².